The van der Waals surface area contributed by atoms with E-state index >= 15 is 0 Å². The van der Waals surface area contributed by atoms with Crippen molar-refractivity contribution in [3.63, 3.8) is 0 Å². The van der Waals surface area contributed by atoms with E-state index in [1.165, 1.54) is 24.3 Å². The molecule has 1 saturated heterocycles. The number of halogens is 2. The summed E-state index contributed by atoms with van der Waals surface area (Å²) in [6.45, 7) is 0. The molecule has 2 aromatic carbocycles. The topological polar surface area (TPSA) is 25.1 Å². The van der Waals surface area contributed by atoms with Gasteiger partial charge in [-0.15, -0.1) is 0 Å². The summed E-state index contributed by atoms with van der Waals surface area (Å²) in [4.78, 5) is 0. The largest absolute Gasteiger partial charge is 0.430 e. The van der Waals surface area contributed by atoms with Crippen LogP contribution in [0.5, 0.6) is 0 Å². The fraction of sp³-hybridized carbons (Fsp3) is 0. The molecule has 3 rings (SSSR count). The van der Waals surface area contributed by atoms with Crippen molar-refractivity contribution >= 4 is 18.3 Å². The third-order valence-electron chi connectivity index (χ3n) is 2.56. The lowest BCUT2D eigenvalue weighted by atomic mass is 10.3. The SMILES string of the molecule is Fc1ccc([P+]2(c3ccc(F)cc3)OO2)cc1. The first-order chi connectivity index (χ1) is 8.21. The first-order valence-electron chi connectivity index (χ1n) is 5.00. The van der Waals surface area contributed by atoms with Crippen LogP contribution in [0.1, 0.15) is 0 Å². The van der Waals surface area contributed by atoms with E-state index in [0.717, 1.165) is 10.6 Å². The van der Waals surface area contributed by atoms with Gasteiger partial charge in [0.25, 0.3) is 0 Å². The highest BCUT2D eigenvalue weighted by molar-refractivity contribution is 7.84. The van der Waals surface area contributed by atoms with Crippen molar-refractivity contribution in [1.82, 2.24) is 0 Å². The van der Waals surface area contributed by atoms with Crippen LogP contribution in [0.2, 0.25) is 0 Å². The Kier molecular flexibility index (Phi) is 2.44. The Hall–Kier alpha value is -1.35. The summed E-state index contributed by atoms with van der Waals surface area (Å²) >= 11 is 0. The van der Waals surface area contributed by atoms with Crippen LogP contribution < -0.4 is 10.6 Å². The molecule has 0 atom stereocenters. The minimum Gasteiger partial charge on any atom is -0.207 e. The molecule has 0 N–H and O–H groups in total. The molecule has 17 heavy (non-hydrogen) atoms. The average Bonchev–Trinajstić information content (AvgIpc) is 3.12. The predicted octanol–water partition coefficient (Wildman–Crippen LogP) is 2.73. The predicted molar refractivity (Wildman–Crippen MR) is 61.2 cm³/mol. The molecule has 86 valence electrons. The molecule has 0 spiro atoms. The van der Waals surface area contributed by atoms with Crippen LogP contribution in [0.15, 0.2) is 48.5 Å². The Morgan fingerprint density at radius 2 is 1.00 bits per heavy atom. The third kappa shape index (κ3) is 1.84. The van der Waals surface area contributed by atoms with Gasteiger partial charge < -0.3 is 0 Å². The van der Waals surface area contributed by atoms with Crippen LogP contribution in [-0.2, 0) is 9.35 Å². The summed E-state index contributed by atoms with van der Waals surface area (Å²) < 4.78 is 35.9. The minimum atomic E-state index is -2.27. The maximum atomic E-state index is 12.8. The van der Waals surface area contributed by atoms with E-state index in [4.69, 9.17) is 9.35 Å². The Morgan fingerprint density at radius 1 is 0.647 bits per heavy atom. The van der Waals surface area contributed by atoms with Crippen molar-refractivity contribution in [2.75, 3.05) is 0 Å². The second-order valence-electron chi connectivity index (χ2n) is 3.65. The Labute approximate surface area is 97.2 Å². The molecule has 1 heterocycles. The average molecular weight is 253 g/mol. The van der Waals surface area contributed by atoms with Gasteiger partial charge in [0.1, 0.15) is 11.6 Å². The van der Waals surface area contributed by atoms with E-state index in [1.54, 1.807) is 24.3 Å². The first kappa shape index (κ1) is 10.8. The van der Waals surface area contributed by atoms with E-state index in [-0.39, 0.29) is 11.6 Å². The summed E-state index contributed by atoms with van der Waals surface area (Å²) in [6.07, 6.45) is 0. The molecule has 1 fully saturated rings. The van der Waals surface area contributed by atoms with Gasteiger partial charge in [0, 0.05) is 9.35 Å². The van der Waals surface area contributed by atoms with Crippen molar-refractivity contribution < 1.29 is 18.1 Å². The van der Waals surface area contributed by atoms with Crippen LogP contribution >= 0.6 is 7.72 Å². The molecule has 2 nitrogen and oxygen atoms in total. The molecular formula is C12H8F2O2P+. The minimum absolute atomic E-state index is 0.312. The lowest BCUT2D eigenvalue weighted by Gasteiger charge is -1.97. The number of benzene rings is 2. The van der Waals surface area contributed by atoms with Gasteiger partial charge in [0.15, 0.2) is 10.6 Å². The summed E-state index contributed by atoms with van der Waals surface area (Å²) in [5, 5.41) is 1.57. The number of hydrogen-bond donors (Lipinski definition) is 0. The molecule has 0 amide bonds. The molecule has 0 saturated carbocycles. The second-order valence-corrected chi connectivity index (χ2v) is 6.09. The normalized spacial score (nSPS) is 16.8. The number of hydrogen-bond acceptors (Lipinski definition) is 2. The maximum absolute atomic E-state index is 12.8. The zero-order chi connectivity index (χ0) is 11.9. The van der Waals surface area contributed by atoms with Gasteiger partial charge in [-0.05, 0) is 48.5 Å². The van der Waals surface area contributed by atoms with Crippen molar-refractivity contribution in [1.29, 1.82) is 0 Å². The van der Waals surface area contributed by atoms with Crippen molar-refractivity contribution in [2.45, 2.75) is 0 Å². The Morgan fingerprint density at radius 3 is 1.29 bits per heavy atom. The summed E-state index contributed by atoms with van der Waals surface area (Å²) in [7, 11) is -2.27. The fourth-order valence-corrected chi connectivity index (χ4v) is 3.62. The molecule has 0 radical (unpaired) electrons. The highest BCUT2D eigenvalue weighted by Crippen LogP contribution is 2.73. The van der Waals surface area contributed by atoms with Crippen LogP contribution in [0.4, 0.5) is 8.78 Å². The van der Waals surface area contributed by atoms with Crippen LogP contribution in [-0.4, -0.2) is 0 Å². The molecular weight excluding hydrogens is 245 g/mol. The van der Waals surface area contributed by atoms with E-state index in [2.05, 4.69) is 0 Å². The molecule has 0 unspecified atom stereocenters. The van der Waals surface area contributed by atoms with Gasteiger partial charge in [-0.3, -0.25) is 0 Å². The standard InChI is InChI=1S/C12H8F2O2P/c13-9-1-5-11(6-2-9)17(15-16-17)12-7-3-10(14)4-8-12/h1-8H/q+1. The quantitative estimate of drug-likeness (QED) is 0.467. The van der Waals surface area contributed by atoms with E-state index in [9.17, 15) is 8.78 Å². The van der Waals surface area contributed by atoms with Gasteiger partial charge in [0.2, 0.25) is 0 Å². The van der Waals surface area contributed by atoms with Crippen LogP contribution in [0, 0.1) is 11.6 Å². The van der Waals surface area contributed by atoms with Crippen molar-refractivity contribution in [3.05, 3.63) is 60.2 Å². The van der Waals surface area contributed by atoms with Gasteiger partial charge in [-0.2, -0.15) is 0 Å². The molecule has 1 aliphatic rings. The molecule has 0 bridgehead atoms. The number of rotatable bonds is 2. The van der Waals surface area contributed by atoms with Gasteiger partial charge in [-0.25, -0.2) is 8.78 Å². The fourth-order valence-electron chi connectivity index (χ4n) is 1.63. The van der Waals surface area contributed by atoms with Gasteiger partial charge in [-0.1, -0.05) is 0 Å². The van der Waals surface area contributed by atoms with Gasteiger partial charge in [0.05, 0.1) is 0 Å². The highest BCUT2D eigenvalue weighted by atomic mass is 31.2. The second kappa shape index (κ2) is 3.84. The highest BCUT2D eigenvalue weighted by Gasteiger charge is 2.67. The zero-order valence-electron chi connectivity index (χ0n) is 8.64. The molecule has 5 heteroatoms. The van der Waals surface area contributed by atoms with E-state index in [1.807, 2.05) is 0 Å². The van der Waals surface area contributed by atoms with Crippen molar-refractivity contribution in [2.24, 2.45) is 0 Å². The third-order valence-corrected chi connectivity index (χ3v) is 4.96. The van der Waals surface area contributed by atoms with E-state index < -0.39 is 7.72 Å². The Bertz CT molecular complexity index is 488. The summed E-state index contributed by atoms with van der Waals surface area (Å²) in [5.41, 5.74) is 0. The molecule has 1 aliphatic heterocycles. The zero-order valence-corrected chi connectivity index (χ0v) is 9.53. The molecule has 2 aromatic rings. The Balaban J connectivity index is 2.01. The lowest BCUT2D eigenvalue weighted by molar-refractivity contribution is 0.0850. The van der Waals surface area contributed by atoms with Crippen LogP contribution in [0.25, 0.3) is 0 Å². The summed E-state index contributed by atoms with van der Waals surface area (Å²) in [6, 6.07) is 11.9. The van der Waals surface area contributed by atoms with E-state index in [0.29, 0.717) is 0 Å². The first-order valence-corrected chi connectivity index (χ1v) is 6.62. The molecule has 0 aliphatic carbocycles. The van der Waals surface area contributed by atoms with Gasteiger partial charge >= 0.3 is 7.72 Å². The monoisotopic (exact) mass is 253 g/mol. The summed E-state index contributed by atoms with van der Waals surface area (Å²) in [5.74, 6) is -0.624. The smallest absolute Gasteiger partial charge is 0.207 e. The molecule has 0 aromatic heterocycles. The maximum Gasteiger partial charge on any atom is 0.430 e. The van der Waals surface area contributed by atoms with Crippen molar-refractivity contribution in [3.8, 4) is 0 Å². The lowest BCUT2D eigenvalue weighted by Crippen LogP contribution is -2.12. The van der Waals surface area contributed by atoms with Crippen LogP contribution in [0.3, 0.4) is 0 Å².